The summed E-state index contributed by atoms with van der Waals surface area (Å²) in [7, 11) is -7.56. The number of carbonyl (C=O) groups excluding carboxylic acids is 1. The molecule has 0 N–H and O–H groups in total. The van der Waals surface area contributed by atoms with E-state index in [2.05, 4.69) is 0 Å². The topological polar surface area (TPSA) is 78.9 Å². The minimum atomic E-state index is -3.79. The van der Waals surface area contributed by atoms with E-state index in [-0.39, 0.29) is 12.8 Å². The monoisotopic (exact) mass is 666 g/mol. The lowest BCUT2D eigenvalue weighted by atomic mass is 10.0. The van der Waals surface area contributed by atoms with E-state index in [1.54, 1.807) is 48.5 Å². The summed E-state index contributed by atoms with van der Waals surface area (Å²) in [6.45, 7) is 5.43. The fourth-order valence-corrected chi connectivity index (χ4v) is 9.80. The highest BCUT2D eigenvalue weighted by Gasteiger charge is 2.41. The van der Waals surface area contributed by atoms with E-state index in [1.807, 2.05) is 124 Å². The molecule has 6 nitrogen and oxygen atoms in total. The average molecular weight is 667 g/mol. The van der Waals surface area contributed by atoms with Gasteiger partial charge in [0.1, 0.15) is 11.7 Å². The van der Waals surface area contributed by atoms with Crippen LogP contribution in [0, 0.1) is 0 Å². The van der Waals surface area contributed by atoms with Gasteiger partial charge in [0.05, 0.1) is 6.10 Å². The molecule has 0 heterocycles. The van der Waals surface area contributed by atoms with Crippen molar-refractivity contribution in [2.45, 2.75) is 51.4 Å². The second kappa shape index (κ2) is 15.2. The van der Waals surface area contributed by atoms with Crippen LogP contribution < -0.4 is 21.2 Å². The van der Waals surface area contributed by atoms with Crippen molar-refractivity contribution in [3.8, 4) is 0 Å². The number of carbonyl (C=O) groups is 1. The molecule has 0 aliphatic carbocycles. The summed E-state index contributed by atoms with van der Waals surface area (Å²) < 4.78 is 49.9. The van der Waals surface area contributed by atoms with Crippen LogP contribution in [-0.4, -0.2) is 17.7 Å². The molecule has 0 fully saturated rings. The summed E-state index contributed by atoms with van der Waals surface area (Å²) in [5.41, 5.74) is -0.0240. The van der Waals surface area contributed by atoms with Crippen molar-refractivity contribution >= 4 is 41.9 Å². The highest BCUT2D eigenvalue weighted by molar-refractivity contribution is 7.74. The van der Waals surface area contributed by atoms with Crippen LogP contribution >= 0.6 is 14.7 Å². The van der Waals surface area contributed by atoms with E-state index >= 15 is 9.13 Å². The molecule has 0 spiro atoms. The Morgan fingerprint density at radius 2 is 0.894 bits per heavy atom. The fourth-order valence-electron chi connectivity index (χ4n) is 5.29. The third kappa shape index (κ3) is 8.66. The number of esters is 1. The van der Waals surface area contributed by atoms with Gasteiger partial charge in [-0.2, -0.15) is 0 Å². The standard InChI is InChI=1S/C39H40O6P2/c1-39(2,3)43-37(40)30-29-36(44-46(41,32-21-11-5-12-22-32)33-23-13-6-14-24-33)38(31-19-9-4-10-20-31)45-47(42,34-25-15-7-16-26-34)35-27-17-8-18-28-35/h4-28,36,38H,29-30H2,1-3H3/t36-,38-/m1/s1. The van der Waals surface area contributed by atoms with Crippen molar-refractivity contribution in [2.75, 3.05) is 0 Å². The van der Waals surface area contributed by atoms with Gasteiger partial charge in [-0.1, -0.05) is 103 Å². The molecule has 5 aromatic rings. The Balaban J connectivity index is 1.66. The maximum atomic E-state index is 15.3. The second-order valence-electron chi connectivity index (χ2n) is 12.2. The average Bonchev–Trinajstić information content (AvgIpc) is 3.10. The van der Waals surface area contributed by atoms with Crippen LogP contribution in [0.3, 0.4) is 0 Å². The van der Waals surface area contributed by atoms with Crippen LogP contribution in [0.15, 0.2) is 152 Å². The molecule has 2 atom stereocenters. The SMILES string of the molecule is CC(C)(C)OC(=O)CC[C@@H](OP(=O)(c1ccccc1)c1ccccc1)[C@H](OP(=O)(c1ccccc1)c1ccccc1)c1ccccc1. The van der Waals surface area contributed by atoms with Crippen molar-refractivity contribution in [3.63, 3.8) is 0 Å². The summed E-state index contributed by atoms with van der Waals surface area (Å²) >= 11 is 0. The largest absolute Gasteiger partial charge is 0.460 e. The zero-order valence-corrected chi connectivity index (χ0v) is 28.6. The molecule has 242 valence electrons. The minimum absolute atomic E-state index is 0.0425. The smallest absolute Gasteiger partial charge is 0.306 e. The van der Waals surface area contributed by atoms with Crippen LogP contribution in [0.1, 0.15) is 45.3 Å². The quantitative estimate of drug-likeness (QED) is 0.0934. The van der Waals surface area contributed by atoms with Gasteiger partial charge in [0, 0.05) is 27.6 Å². The van der Waals surface area contributed by atoms with Crippen LogP contribution in [-0.2, 0) is 27.7 Å². The first kappa shape index (κ1) is 34.3. The lowest BCUT2D eigenvalue weighted by Gasteiger charge is -2.34. The van der Waals surface area contributed by atoms with E-state index in [0.717, 1.165) is 0 Å². The van der Waals surface area contributed by atoms with Gasteiger partial charge in [-0.15, -0.1) is 0 Å². The molecule has 5 aromatic carbocycles. The molecule has 47 heavy (non-hydrogen) atoms. The maximum Gasteiger partial charge on any atom is 0.306 e. The third-order valence-corrected chi connectivity index (χ3v) is 12.5. The van der Waals surface area contributed by atoms with Gasteiger partial charge in [0.15, 0.2) is 0 Å². The van der Waals surface area contributed by atoms with Gasteiger partial charge in [-0.3, -0.25) is 13.9 Å². The fraction of sp³-hybridized carbons (Fsp3) is 0.205. The molecule has 5 rings (SSSR count). The Morgan fingerprint density at radius 3 is 1.26 bits per heavy atom. The van der Waals surface area contributed by atoms with Crippen molar-refractivity contribution in [3.05, 3.63) is 157 Å². The summed E-state index contributed by atoms with van der Waals surface area (Å²) in [6, 6.07) is 45.5. The molecule has 0 bridgehead atoms. The van der Waals surface area contributed by atoms with E-state index in [9.17, 15) is 4.79 Å². The van der Waals surface area contributed by atoms with Crippen molar-refractivity contribution in [2.24, 2.45) is 0 Å². The lowest BCUT2D eigenvalue weighted by molar-refractivity contribution is -0.155. The molecule has 0 aliphatic rings. The lowest BCUT2D eigenvalue weighted by Crippen LogP contribution is -2.32. The Hall–Kier alpha value is -4.05. The summed E-state index contributed by atoms with van der Waals surface area (Å²) in [5.74, 6) is -0.429. The zero-order chi connectivity index (χ0) is 33.3. The number of hydrogen-bond acceptors (Lipinski definition) is 6. The predicted octanol–water partition coefficient (Wildman–Crippen LogP) is 8.11. The van der Waals surface area contributed by atoms with Gasteiger partial charge in [0.25, 0.3) is 14.7 Å². The Morgan fingerprint density at radius 1 is 0.553 bits per heavy atom. The van der Waals surface area contributed by atoms with Crippen LogP contribution in [0.5, 0.6) is 0 Å². The third-order valence-electron chi connectivity index (χ3n) is 7.45. The molecule has 0 aliphatic heterocycles. The van der Waals surface area contributed by atoms with Gasteiger partial charge in [-0.05, 0) is 81.3 Å². The first-order chi connectivity index (χ1) is 22.6. The first-order valence-electron chi connectivity index (χ1n) is 15.6. The second-order valence-corrected chi connectivity index (χ2v) is 16.8. The highest BCUT2D eigenvalue weighted by Crippen LogP contribution is 2.54. The van der Waals surface area contributed by atoms with Crippen molar-refractivity contribution in [1.29, 1.82) is 0 Å². The Kier molecular flexibility index (Phi) is 11.1. The minimum Gasteiger partial charge on any atom is -0.460 e. The van der Waals surface area contributed by atoms with E-state index in [0.29, 0.717) is 26.8 Å². The Labute approximate surface area is 277 Å². The molecule has 0 saturated carbocycles. The van der Waals surface area contributed by atoms with E-state index in [1.165, 1.54) is 0 Å². The van der Waals surface area contributed by atoms with Gasteiger partial charge in [-0.25, -0.2) is 0 Å². The van der Waals surface area contributed by atoms with E-state index < -0.39 is 38.5 Å². The molecule has 0 amide bonds. The summed E-state index contributed by atoms with van der Waals surface area (Å²) in [5, 5.41) is 2.00. The summed E-state index contributed by atoms with van der Waals surface area (Å²) in [6.07, 6.45) is -1.94. The number of benzene rings is 5. The van der Waals surface area contributed by atoms with Crippen LogP contribution in [0.25, 0.3) is 0 Å². The molecule has 8 heteroatoms. The molecular weight excluding hydrogens is 626 g/mol. The van der Waals surface area contributed by atoms with E-state index in [4.69, 9.17) is 13.8 Å². The van der Waals surface area contributed by atoms with Crippen LogP contribution in [0.4, 0.5) is 0 Å². The summed E-state index contributed by atoms with van der Waals surface area (Å²) in [4.78, 5) is 13.1. The number of hydrogen-bond donors (Lipinski definition) is 0. The molecule has 0 aromatic heterocycles. The van der Waals surface area contributed by atoms with Crippen molar-refractivity contribution in [1.82, 2.24) is 0 Å². The number of ether oxygens (including phenoxy) is 1. The van der Waals surface area contributed by atoms with Crippen LogP contribution in [0.2, 0.25) is 0 Å². The molecule has 0 radical (unpaired) electrons. The Bertz CT molecular complexity index is 1720. The molecule has 0 saturated heterocycles. The van der Waals surface area contributed by atoms with Gasteiger partial charge >= 0.3 is 5.97 Å². The predicted molar refractivity (Wildman–Crippen MR) is 190 cm³/mol. The first-order valence-corrected chi connectivity index (χ1v) is 18.9. The highest BCUT2D eigenvalue weighted by atomic mass is 31.2. The zero-order valence-electron chi connectivity index (χ0n) is 26.8. The number of rotatable bonds is 13. The van der Waals surface area contributed by atoms with Crippen molar-refractivity contribution < 1.29 is 27.7 Å². The molecule has 0 unspecified atom stereocenters. The van der Waals surface area contributed by atoms with Gasteiger partial charge < -0.3 is 13.8 Å². The maximum absolute atomic E-state index is 15.3. The normalized spacial score (nSPS) is 13.4. The van der Waals surface area contributed by atoms with Gasteiger partial charge in [0.2, 0.25) is 0 Å². The molecular formula is C39H40O6P2.